The van der Waals surface area contributed by atoms with Crippen molar-refractivity contribution in [1.29, 1.82) is 0 Å². The quantitative estimate of drug-likeness (QED) is 0.417. The van der Waals surface area contributed by atoms with Gasteiger partial charge < -0.3 is 4.90 Å². The lowest BCUT2D eigenvalue weighted by molar-refractivity contribution is 0.0955. The van der Waals surface area contributed by atoms with Crippen LogP contribution in [0.25, 0.3) is 0 Å². The third-order valence-corrected chi connectivity index (χ3v) is 4.29. The molecule has 0 heterocycles. The van der Waals surface area contributed by atoms with Crippen molar-refractivity contribution < 1.29 is 4.79 Å². The molecule has 0 aliphatic rings. The van der Waals surface area contributed by atoms with Gasteiger partial charge in [0.15, 0.2) is 0 Å². The summed E-state index contributed by atoms with van der Waals surface area (Å²) in [5, 5.41) is 4.00. The molecule has 0 radical (unpaired) electrons. The van der Waals surface area contributed by atoms with Crippen molar-refractivity contribution in [2.24, 2.45) is 5.10 Å². The van der Waals surface area contributed by atoms with Crippen LogP contribution < -0.4 is 10.3 Å². The second-order valence-electron chi connectivity index (χ2n) is 4.81. The zero-order valence-electron chi connectivity index (χ0n) is 12.2. The normalized spacial score (nSPS) is 10.7. The molecule has 0 saturated heterocycles. The van der Waals surface area contributed by atoms with Crippen LogP contribution in [-0.4, -0.2) is 26.2 Å². The molecule has 2 rings (SSSR count). The first kappa shape index (κ1) is 17.0. The minimum Gasteiger partial charge on any atom is -0.377 e. The van der Waals surface area contributed by atoms with Gasteiger partial charge in [0.05, 0.1) is 11.9 Å². The number of carbonyl (C=O) groups excluding carboxylic acids is 1. The lowest BCUT2D eigenvalue weighted by atomic mass is 10.2. The van der Waals surface area contributed by atoms with E-state index >= 15 is 0 Å². The summed E-state index contributed by atoms with van der Waals surface area (Å²) in [5.74, 6) is -0.225. The molecule has 114 valence electrons. The van der Waals surface area contributed by atoms with Crippen molar-refractivity contribution in [3.63, 3.8) is 0 Å². The van der Waals surface area contributed by atoms with Crippen molar-refractivity contribution in [3.05, 3.63) is 61.6 Å². The molecule has 1 N–H and O–H groups in total. The Balaban J connectivity index is 2.02. The number of anilines is 1. The van der Waals surface area contributed by atoms with Crippen LogP contribution >= 0.6 is 38.5 Å². The molecule has 0 fully saturated rings. The average molecular weight is 472 g/mol. The summed E-state index contributed by atoms with van der Waals surface area (Å²) < 4.78 is 2.06. The fourth-order valence-electron chi connectivity index (χ4n) is 1.80. The Morgan fingerprint density at radius 3 is 2.50 bits per heavy atom. The predicted octanol–water partition coefficient (Wildman–Crippen LogP) is 3.88. The van der Waals surface area contributed by atoms with Crippen molar-refractivity contribution in [2.75, 3.05) is 19.0 Å². The molecule has 0 spiro atoms. The lowest BCUT2D eigenvalue weighted by Crippen LogP contribution is -2.17. The number of hydrogen-bond donors (Lipinski definition) is 1. The van der Waals surface area contributed by atoms with E-state index in [1.54, 1.807) is 18.3 Å². The highest BCUT2D eigenvalue weighted by atomic mass is 127. The van der Waals surface area contributed by atoms with Crippen molar-refractivity contribution >= 4 is 56.3 Å². The van der Waals surface area contributed by atoms with Crippen LogP contribution in [0.3, 0.4) is 0 Å². The van der Waals surface area contributed by atoms with Gasteiger partial charge in [-0.05, 0) is 80.5 Å². The number of rotatable bonds is 4. The van der Waals surface area contributed by atoms with Gasteiger partial charge >= 0.3 is 0 Å². The number of nitrogens with one attached hydrogen (secondary N) is 1. The maximum absolute atomic E-state index is 11.9. The average Bonchev–Trinajstić information content (AvgIpc) is 2.47. The molecule has 4 nitrogen and oxygen atoms in total. The van der Waals surface area contributed by atoms with Crippen molar-refractivity contribution in [1.82, 2.24) is 5.43 Å². The first-order valence-electron chi connectivity index (χ1n) is 6.53. The van der Waals surface area contributed by atoms with Gasteiger partial charge in [-0.3, -0.25) is 4.79 Å². The van der Waals surface area contributed by atoms with Gasteiger partial charge in [-0.1, -0.05) is 6.07 Å². The lowest BCUT2D eigenvalue weighted by Gasteiger charge is -2.14. The summed E-state index contributed by atoms with van der Waals surface area (Å²) in [6.07, 6.45) is 1.62. The highest BCUT2D eigenvalue weighted by Crippen LogP contribution is 2.25. The van der Waals surface area contributed by atoms with Crippen LogP contribution in [0.1, 0.15) is 15.9 Å². The number of halogens is 2. The summed E-state index contributed by atoms with van der Waals surface area (Å²) in [7, 11) is 3.96. The summed E-state index contributed by atoms with van der Waals surface area (Å²) in [5.41, 5.74) is 5.10. The van der Waals surface area contributed by atoms with Gasteiger partial charge in [-0.15, -0.1) is 0 Å². The number of benzene rings is 2. The molecule has 0 aliphatic heterocycles. The second kappa shape index (κ2) is 7.73. The maximum Gasteiger partial charge on any atom is 0.271 e. The minimum absolute atomic E-state index is 0.225. The van der Waals surface area contributed by atoms with Gasteiger partial charge in [0.1, 0.15) is 0 Å². The fraction of sp³-hybridized carbons (Fsp3) is 0.125. The van der Waals surface area contributed by atoms with Crippen LogP contribution in [0.4, 0.5) is 5.69 Å². The van der Waals surface area contributed by atoms with Gasteiger partial charge in [0.25, 0.3) is 5.91 Å². The predicted molar refractivity (Wildman–Crippen MR) is 103 cm³/mol. The topological polar surface area (TPSA) is 44.7 Å². The number of carbonyl (C=O) groups is 1. The zero-order chi connectivity index (χ0) is 16.1. The molecule has 0 aliphatic carbocycles. The molecule has 0 bridgehead atoms. The molecule has 2 aromatic rings. The highest BCUT2D eigenvalue weighted by molar-refractivity contribution is 14.1. The Morgan fingerprint density at radius 1 is 1.23 bits per heavy atom. The van der Waals surface area contributed by atoms with Crippen LogP contribution in [0.2, 0.25) is 0 Å². The Hall–Kier alpha value is -1.41. The zero-order valence-corrected chi connectivity index (χ0v) is 15.9. The van der Waals surface area contributed by atoms with E-state index in [4.69, 9.17) is 0 Å². The molecular formula is C16H15BrIN3O. The molecule has 1 amide bonds. The van der Waals surface area contributed by atoms with Gasteiger partial charge in [-0.25, -0.2) is 5.43 Å². The van der Waals surface area contributed by atoms with E-state index in [2.05, 4.69) is 49.0 Å². The summed E-state index contributed by atoms with van der Waals surface area (Å²) in [6, 6.07) is 13.2. The van der Waals surface area contributed by atoms with E-state index < -0.39 is 0 Å². The van der Waals surface area contributed by atoms with Crippen LogP contribution in [0.15, 0.2) is 52.0 Å². The first-order chi connectivity index (χ1) is 10.5. The fourth-order valence-corrected chi connectivity index (χ4v) is 2.91. The monoisotopic (exact) mass is 471 g/mol. The molecule has 0 atom stereocenters. The highest BCUT2D eigenvalue weighted by Gasteiger charge is 2.04. The van der Waals surface area contributed by atoms with E-state index in [0.717, 1.165) is 19.3 Å². The first-order valence-corrected chi connectivity index (χ1v) is 8.40. The van der Waals surface area contributed by atoms with Gasteiger partial charge in [0, 0.05) is 27.7 Å². The molecule has 6 heteroatoms. The van der Waals surface area contributed by atoms with Crippen molar-refractivity contribution in [3.8, 4) is 0 Å². The molecule has 0 unspecified atom stereocenters. The molecule has 2 aromatic carbocycles. The second-order valence-corrected chi connectivity index (χ2v) is 6.91. The largest absolute Gasteiger partial charge is 0.377 e. The Labute approximate surface area is 151 Å². The Kier molecular flexibility index (Phi) is 5.96. The molecular weight excluding hydrogens is 457 g/mol. The molecule has 0 saturated carbocycles. The number of hydrazone groups is 1. The van der Waals surface area contributed by atoms with Gasteiger partial charge in [-0.2, -0.15) is 5.10 Å². The third kappa shape index (κ3) is 4.54. The number of nitrogens with zero attached hydrogens (tertiary/aromatic N) is 2. The van der Waals surface area contributed by atoms with E-state index in [1.807, 2.05) is 49.3 Å². The maximum atomic E-state index is 11.9. The number of hydrogen-bond acceptors (Lipinski definition) is 3. The van der Waals surface area contributed by atoms with E-state index in [-0.39, 0.29) is 5.91 Å². The standard InChI is InChI=1S/C16H15BrIN3O/c1-21(2)15-8-3-11(9-14(15)17)10-19-20-16(22)12-4-6-13(18)7-5-12/h3-10H,1-2H3,(H,20,22)/b19-10-. The Bertz CT molecular complexity index is 699. The third-order valence-electron chi connectivity index (χ3n) is 2.94. The summed E-state index contributed by atoms with van der Waals surface area (Å²) in [4.78, 5) is 13.9. The SMILES string of the molecule is CN(C)c1ccc(/C=N\NC(=O)c2ccc(I)cc2)cc1Br. The van der Waals surface area contributed by atoms with Crippen LogP contribution in [-0.2, 0) is 0 Å². The molecule has 0 aromatic heterocycles. The van der Waals surface area contributed by atoms with Crippen LogP contribution in [0, 0.1) is 3.57 Å². The summed E-state index contributed by atoms with van der Waals surface area (Å²) in [6.45, 7) is 0. The smallest absolute Gasteiger partial charge is 0.271 e. The summed E-state index contributed by atoms with van der Waals surface area (Å²) >= 11 is 5.72. The van der Waals surface area contributed by atoms with Gasteiger partial charge in [0.2, 0.25) is 0 Å². The van der Waals surface area contributed by atoms with Crippen molar-refractivity contribution in [2.45, 2.75) is 0 Å². The Morgan fingerprint density at radius 2 is 1.91 bits per heavy atom. The minimum atomic E-state index is -0.225. The van der Waals surface area contributed by atoms with E-state index in [9.17, 15) is 4.79 Å². The molecule has 22 heavy (non-hydrogen) atoms. The van der Waals surface area contributed by atoms with E-state index in [1.165, 1.54) is 0 Å². The van der Waals surface area contributed by atoms with Crippen LogP contribution in [0.5, 0.6) is 0 Å². The van der Waals surface area contributed by atoms with E-state index in [0.29, 0.717) is 5.56 Å². The number of amides is 1.